The van der Waals surface area contributed by atoms with Crippen LogP contribution in [0.15, 0.2) is 179 Å². The van der Waals surface area contributed by atoms with Crippen molar-refractivity contribution < 1.29 is 14.3 Å². The summed E-state index contributed by atoms with van der Waals surface area (Å²) >= 11 is 0. The van der Waals surface area contributed by atoms with Gasteiger partial charge in [0.05, 0.1) is 46.4 Å². The lowest BCUT2D eigenvalue weighted by molar-refractivity contribution is 0.0737. The Labute approximate surface area is 358 Å². The molecule has 2 N–H and O–H groups in total. The van der Waals surface area contributed by atoms with Crippen LogP contribution in [0.2, 0.25) is 0 Å². The third kappa shape index (κ3) is 6.17. The molecule has 0 saturated heterocycles. The summed E-state index contributed by atoms with van der Waals surface area (Å²) in [4.78, 5) is 32.8. The number of rotatable bonds is 6. The fourth-order valence-electron chi connectivity index (χ4n) is 8.88. The van der Waals surface area contributed by atoms with Gasteiger partial charge in [-0.1, -0.05) is 114 Å². The van der Waals surface area contributed by atoms with E-state index in [0.29, 0.717) is 22.7 Å². The highest BCUT2D eigenvalue weighted by Gasteiger charge is 2.31. The molecule has 0 spiro atoms. The van der Waals surface area contributed by atoms with Crippen LogP contribution >= 0.6 is 0 Å². The van der Waals surface area contributed by atoms with Gasteiger partial charge in [0, 0.05) is 33.7 Å². The number of H-pyrrole nitrogens is 2. The number of hydrogen-bond donors (Lipinski definition) is 2. The molecule has 0 atom stereocenters. The van der Waals surface area contributed by atoms with Crippen molar-refractivity contribution in [1.29, 1.82) is 0 Å². The summed E-state index contributed by atoms with van der Waals surface area (Å²) in [6.07, 6.45) is 8.22. The van der Waals surface area contributed by atoms with Crippen LogP contribution in [0.25, 0.3) is 55.2 Å². The van der Waals surface area contributed by atoms with E-state index in [2.05, 4.69) is 134 Å². The van der Waals surface area contributed by atoms with Crippen LogP contribution in [0.5, 0.6) is 11.5 Å². The Morgan fingerprint density at radius 1 is 0.548 bits per heavy atom. The molecule has 0 amide bonds. The van der Waals surface area contributed by atoms with Crippen LogP contribution in [0.1, 0.15) is 49.6 Å². The molecule has 6 aromatic carbocycles. The zero-order chi connectivity index (χ0) is 42.1. The summed E-state index contributed by atoms with van der Waals surface area (Å²) in [6.45, 7) is 6.29. The summed E-state index contributed by atoms with van der Waals surface area (Å²) in [6, 6.07) is 45.1. The van der Waals surface area contributed by atoms with Crippen LogP contribution < -0.4 is 9.47 Å². The van der Waals surface area contributed by atoms with Gasteiger partial charge >= 0.3 is 5.97 Å². The molecule has 2 aromatic heterocycles. The monoisotopic (exact) mass is 804 g/mol. The molecule has 62 heavy (non-hydrogen) atoms. The number of hydrogen-bond acceptors (Lipinski definition) is 5. The number of carbonyl (C=O) groups excluding carboxylic acids is 1. The number of aliphatic imine (C=N–C) groups is 2. The third-order valence-electron chi connectivity index (χ3n) is 12.0. The Balaban J connectivity index is 1.30. The number of methoxy groups -OCH3 is 1. The molecule has 0 aliphatic carbocycles. The highest BCUT2D eigenvalue weighted by atomic mass is 16.5. The fourth-order valence-corrected chi connectivity index (χ4v) is 8.88. The molecule has 7 nitrogen and oxygen atoms in total. The van der Waals surface area contributed by atoms with Crippen molar-refractivity contribution in [2.24, 2.45) is 9.98 Å². The predicted octanol–water partition coefficient (Wildman–Crippen LogP) is 12.7. The van der Waals surface area contributed by atoms with Crippen molar-refractivity contribution in [3.63, 3.8) is 0 Å². The first kappa shape index (κ1) is 37.0. The molecular weight excluding hydrogens is 765 g/mol. The Hall–Kier alpha value is -8.03. The van der Waals surface area contributed by atoms with Gasteiger partial charge in [-0.25, -0.2) is 14.8 Å². The molecular formula is C55H40N4O3. The van der Waals surface area contributed by atoms with E-state index in [9.17, 15) is 4.79 Å². The van der Waals surface area contributed by atoms with Crippen molar-refractivity contribution in [3.05, 3.63) is 214 Å². The Morgan fingerprint density at radius 3 is 1.87 bits per heavy atom. The van der Waals surface area contributed by atoms with Gasteiger partial charge in [0.1, 0.15) is 11.4 Å². The molecule has 8 aromatic rings. The fraction of sp³-hybridized carbons (Fsp3) is 0.0727. The van der Waals surface area contributed by atoms with E-state index in [1.165, 1.54) is 5.56 Å². The number of aryl methyl sites for hydroxylation is 3. The average Bonchev–Trinajstić information content (AvgIpc) is 4.13. The molecule has 8 bridgehead atoms. The van der Waals surface area contributed by atoms with Crippen LogP contribution in [-0.2, 0) is 0 Å². The molecule has 0 saturated carbocycles. The summed E-state index contributed by atoms with van der Waals surface area (Å²) in [7, 11) is 1.67. The van der Waals surface area contributed by atoms with E-state index in [0.717, 1.165) is 106 Å². The first-order valence-corrected chi connectivity index (χ1v) is 20.7. The second-order valence-corrected chi connectivity index (χ2v) is 16.1. The van der Waals surface area contributed by atoms with E-state index in [-0.39, 0.29) is 0 Å². The largest absolute Gasteiger partial charge is 0.497 e. The molecule has 3 aliphatic rings. The van der Waals surface area contributed by atoms with Crippen molar-refractivity contribution in [3.8, 4) is 33.9 Å². The highest BCUT2D eigenvalue weighted by Crippen LogP contribution is 2.50. The highest BCUT2D eigenvalue weighted by molar-refractivity contribution is 6.33. The molecule has 298 valence electrons. The Morgan fingerprint density at radius 2 is 1.16 bits per heavy atom. The number of nitrogens with one attached hydrogen (secondary N) is 2. The summed E-state index contributed by atoms with van der Waals surface area (Å²) in [5.74, 6) is 0.666. The number of fused-ring (bicyclic) bond motifs is 9. The average molecular weight is 805 g/mol. The molecule has 0 radical (unpaired) electrons. The van der Waals surface area contributed by atoms with Gasteiger partial charge in [0.15, 0.2) is 5.75 Å². The first-order valence-electron chi connectivity index (χ1n) is 20.7. The van der Waals surface area contributed by atoms with Gasteiger partial charge in [0.25, 0.3) is 0 Å². The van der Waals surface area contributed by atoms with E-state index in [1.807, 2.05) is 42.5 Å². The van der Waals surface area contributed by atoms with Crippen LogP contribution in [0.4, 0.5) is 0 Å². The minimum atomic E-state index is -0.472. The standard InChI is InChI=1S/C55H40N4O3/c1-31-10-15-35(16-11-31)48-41-24-25-42(56-41)49(36-17-12-32(2)13-18-36)44-28-29-46(58-44)52-54(62-55(60)37-8-6-5-7-9-37)51-47(34-19-21-38(61-4)22-20-34)40-30-33(3)14-23-39(40)50(53(51)59-52)45-27-26-43(48)57-45/h5-30,57,59H,1-4H3. The zero-order valence-corrected chi connectivity index (χ0v) is 34.6. The van der Waals surface area contributed by atoms with E-state index in [4.69, 9.17) is 19.5 Å². The molecule has 0 fully saturated rings. The number of aromatic amines is 2. The van der Waals surface area contributed by atoms with Crippen molar-refractivity contribution >= 4 is 50.2 Å². The van der Waals surface area contributed by atoms with E-state index < -0.39 is 5.97 Å². The maximum Gasteiger partial charge on any atom is 0.343 e. The lowest BCUT2D eigenvalue weighted by Gasteiger charge is -2.17. The van der Waals surface area contributed by atoms with E-state index >= 15 is 0 Å². The molecule has 5 heterocycles. The Kier molecular flexibility index (Phi) is 8.72. The maximum atomic E-state index is 14.3. The predicted molar refractivity (Wildman–Crippen MR) is 251 cm³/mol. The first-order chi connectivity index (χ1) is 30.3. The third-order valence-corrected chi connectivity index (χ3v) is 12.0. The molecule has 0 unspecified atom stereocenters. The zero-order valence-electron chi connectivity index (χ0n) is 34.6. The number of carbonyl (C=O) groups is 1. The van der Waals surface area contributed by atoms with Gasteiger partial charge in [-0.05, 0) is 109 Å². The number of benzene rings is 6. The lowest BCUT2D eigenvalue weighted by Crippen LogP contribution is -2.10. The lowest BCUT2D eigenvalue weighted by atomic mass is 9.89. The second-order valence-electron chi connectivity index (χ2n) is 16.1. The smallest absolute Gasteiger partial charge is 0.343 e. The van der Waals surface area contributed by atoms with Crippen molar-refractivity contribution in [2.45, 2.75) is 20.8 Å². The number of esters is 1. The van der Waals surface area contributed by atoms with Crippen LogP contribution in [0.3, 0.4) is 0 Å². The normalized spacial score (nSPS) is 14.1. The van der Waals surface area contributed by atoms with Gasteiger partial charge in [0.2, 0.25) is 0 Å². The van der Waals surface area contributed by atoms with Crippen molar-refractivity contribution in [1.82, 2.24) is 9.97 Å². The van der Waals surface area contributed by atoms with E-state index in [1.54, 1.807) is 19.2 Å². The minimum Gasteiger partial charge on any atom is -0.497 e. The SMILES string of the molecule is COc1ccc(-c2c3cc(C)ccc3c3c4[nH]c(c(OC(=O)c5ccccc5)c24)C2=NC(=C(c4ccc(C)cc4)C4=NC(=C(c5ccc(C)cc5)c5ccc-3[nH]5)C=C4)C=C2)cc1. The van der Waals surface area contributed by atoms with Crippen LogP contribution in [-0.4, -0.2) is 34.5 Å². The minimum absolute atomic E-state index is 0.394. The number of aromatic nitrogens is 2. The second kappa shape index (κ2) is 14.6. The van der Waals surface area contributed by atoms with Crippen molar-refractivity contribution in [2.75, 3.05) is 7.11 Å². The summed E-state index contributed by atoms with van der Waals surface area (Å²) in [5, 5.41) is 2.80. The van der Waals surface area contributed by atoms with Gasteiger partial charge in [-0.2, -0.15) is 0 Å². The molecule has 7 heteroatoms. The number of allylic oxidation sites excluding steroid dienone is 5. The summed E-state index contributed by atoms with van der Waals surface area (Å²) in [5.41, 5.74) is 16.8. The number of nitrogens with zero attached hydrogens (tertiary/aromatic N) is 2. The van der Waals surface area contributed by atoms with Crippen LogP contribution in [0, 0.1) is 20.8 Å². The van der Waals surface area contributed by atoms with Gasteiger partial charge in [-0.15, -0.1) is 0 Å². The molecule has 11 rings (SSSR count). The topological polar surface area (TPSA) is 91.8 Å². The number of ether oxygens (including phenoxy) is 2. The Bertz CT molecular complexity index is 3350. The van der Waals surface area contributed by atoms with Gasteiger partial charge < -0.3 is 19.4 Å². The molecule has 3 aliphatic heterocycles. The quantitative estimate of drug-likeness (QED) is 0.164. The summed E-state index contributed by atoms with van der Waals surface area (Å²) < 4.78 is 12.3. The van der Waals surface area contributed by atoms with Gasteiger partial charge in [-0.3, -0.25) is 0 Å². The maximum absolute atomic E-state index is 14.3.